The quantitative estimate of drug-likeness (QED) is 0.667. The monoisotopic (exact) mass is 469 g/mol. The SMILES string of the molecule is N#Cc1ccc(OC2CCC(NC(=O)c3ccc(N4CCC(CO)CC4)nn3)CC2)cc1Cl. The Bertz CT molecular complexity index is 994. The van der Waals surface area contributed by atoms with Gasteiger partial charge in [0.25, 0.3) is 5.91 Å². The van der Waals surface area contributed by atoms with Crippen molar-refractivity contribution in [2.24, 2.45) is 5.92 Å². The molecule has 9 heteroatoms. The number of ether oxygens (including phenoxy) is 1. The van der Waals surface area contributed by atoms with E-state index in [1.54, 1.807) is 24.3 Å². The molecule has 2 aromatic rings. The van der Waals surface area contributed by atoms with Gasteiger partial charge in [-0.05, 0) is 68.7 Å². The van der Waals surface area contributed by atoms with E-state index in [4.69, 9.17) is 21.6 Å². The van der Waals surface area contributed by atoms with Crippen molar-refractivity contribution in [2.45, 2.75) is 50.7 Å². The first kappa shape index (κ1) is 23.3. The average molecular weight is 470 g/mol. The smallest absolute Gasteiger partial charge is 0.272 e. The normalized spacial score (nSPS) is 21.3. The molecule has 4 rings (SSSR count). The predicted molar refractivity (Wildman–Crippen MR) is 124 cm³/mol. The van der Waals surface area contributed by atoms with E-state index in [-0.39, 0.29) is 24.7 Å². The van der Waals surface area contributed by atoms with Crippen LogP contribution in [0, 0.1) is 17.2 Å². The van der Waals surface area contributed by atoms with E-state index in [9.17, 15) is 9.90 Å². The van der Waals surface area contributed by atoms with Crippen LogP contribution in [0.5, 0.6) is 5.75 Å². The number of hydrogen-bond acceptors (Lipinski definition) is 7. The molecular formula is C24H28ClN5O3. The molecule has 1 aromatic carbocycles. The Kier molecular flexibility index (Phi) is 7.63. The minimum absolute atomic E-state index is 0.0520. The molecule has 2 aliphatic rings. The van der Waals surface area contributed by atoms with Gasteiger partial charge in [-0.25, -0.2) is 0 Å². The zero-order valence-corrected chi connectivity index (χ0v) is 19.2. The fourth-order valence-corrected chi connectivity index (χ4v) is 4.61. The number of nitrogens with one attached hydrogen (secondary N) is 1. The van der Waals surface area contributed by atoms with Crippen molar-refractivity contribution in [1.29, 1.82) is 5.26 Å². The summed E-state index contributed by atoms with van der Waals surface area (Å²) in [5.41, 5.74) is 0.743. The van der Waals surface area contributed by atoms with Crippen molar-refractivity contribution in [3.63, 3.8) is 0 Å². The second kappa shape index (κ2) is 10.8. The Balaban J connectivity index is 1.24. The number of piperidine rings is 1. The van der Waals surface area contributed by atoms with Crippen molar-refractivity contribution in [1.82, 2.24) is 15.5 Å². The van der Waals surface area contributed by atoms with Crippen molar-refractivity contribution >= 4 is 23.3 Å². The third kappa shape index (κ3) is 5.92. The van der Waals surface area contributed by atoms with E-state index >= 15 is 0 Å². The van der Waals surface area contributed by atoms with Crippen LogP contribution >= 0.6 is 11.6 Å². The molecule has 0 unspecified atom stereocenters. The first-order chi connectivity index (χ1) is 16.1. The summed E-state index contributed by atoms with van der Waals surface area (Å²) in [5, 5.41) is 30.1. The zero-order chi connectivity index (χ0) is 23.2. The Morgan fingerprint density at radius 3 is 2.52 bits per heavy atom. The van der Waals surface area contributed by atoms with Crippen LogP contribution in [0.4, 0.5) is 5.82 Å². The summed E-state index contributed by atoms with van der Waals surface area (Å²) in [6, 6.07) is 10.8. The number of hydrogen-bond donors (Lipinski definition) is 2. The molecule has 1 aromatic heterocycles. The molecule has 0 bridgehead atoms. The van der Waals surface area contributed by atoms with E-state index in [1.165, 1.54) is 0 Å². The van der Waals surface area contributed by atoms with Crippen LogP contribution in [-0.2, 0) is 0 Å². The Hall–Kier alpha value is -2.89. The number of anilines is 1. The summed E-state index contributed by atoms with van der Waals surface area (Å²) in [6.07, 6.45) is 5.18. The van der Waals surface area contributed by atoms with Gasteiger partial charge in [-0.3, -0.25) is 4.79 Å². The van der Waals surface area contributed by atoms with Gasteiger partial charge in [0.15, 0.2) is 11.5 Å². The molecule has 2 heterocycles. The molecule has 0 spiro atoms. The molecule has 0 atom stereocenters. The molecule has 1 saturated heterocycles. The molecule has 1 saturated carbocycles. The van der Waals surface area contributed by atoms with Crippen LogP contribution in [0.15, 0.2) is 30.3 Å². The number of nitriles is 1. The van der Waals surface area contributed by atoms with E-state index in [0.29, 0.717) is 27.9 Å². The van der Waals surface area contributed by atoms with Gasteiger partial charge in [0.2, 0.25) is 0 Å². The maximum absolute atomic E-state index is 12.6. The number of carbonyl (C=O) groups is 1. The summed E-state index contributed by atoms with van der Waals surface area (Å²) in [5.74, 6) is 1.57. The van der Waals surface area contributed by atoms with Gasteiger partial charge in [-0.2, -0.15) is 5.26 Å². The lowest BCUT2D eigenvalue weighted by Gasteiger charge is -2.31. The van der Waals surface area contributed by atoms with Crippen LogP contribution in [-0.4, -0.2) is 53.1 Å². The van der Waals surface area contributed by atoms with Crippen LogP contribution < -0.4 is 15.0 Å². The van der Waals surface area contributed by atoms with Crippen LogP contribution in [0.3, 0.4) is 0 Å². The number of halogens is 1. The summed E-state index contributed by atoms with van der Waals surface area (Å²) >= 11 is 6.08. The largest absolute Gasteiger partial charge is 0.490 e. The highest BCUT2D eigenvalue weighted by molar-refractivity contribution is 6.31. The first-order valence-corrected chi connectivity index (χ1v) is 11.8. The number of aliphatic hydroxyl groups is 1. The van der Waals surface area contributed by atoms with Crippen molar-refractivity contribution in [3.05, 3.63) is 46.6 Å². The third-order valence-electron chi connectivity index (χ3n) is 6.45. The standard InChI is InChI=1S/C24H28ClN5O3/c25-21-13-20(4-1-17(21)14-26)33-19-5-2-18(3-6-19)27-24(32)22-7-8-23(29-28-22)30-11-9-16(15-31)10-12-30/h1,4,7-8,13,16,18-19,31H,2-3,5-6,9-12,15H2,(H,27,32). The highest BCUT2D eigenvalue weighted by Gasteiger charge is 2.25. The average Bonchev–Trinajstić information content (AvgIpc) is 2.85. The minimum atomic E-state index is -0.212. The molecule has 2 N–H and O–H groups in total. The van der Waals surface area contributed by atoms with E-state index in [1.807, 2.05) is 12.1 Å². The number of aromatic nitrogens is 2. The van der Waals surface area contributed by atoms with Crippen molar-refractivity contribution in [2.75, 3.05) is 24.6 Å². The van der Waals surface area contributed by atoms with Gasteiger partial charge >= 0.3 is 0 Å². The molecule has 1 aliphatic carbocycles. The first-order valence-electron chi connectivity index (χ1n) is 11.4. The third-order valence-corrected chi connectivity index (χ3v) is 6.77. The van der Waals surface area contributed by atoms with E-state index in [0.717, 1.165) is 57.4 Å². The van der Waals surface area contributed by atoms with Gasteiger partial charge < -0.3 is 20.1 Å². The molecule has 174 valence electrons. The van der Waals surface area contributed by atoms with Gasteiger partial charge in [-0.15, -0.1) is 10.2 Å². The summed E-state index contributed by atoms with van der Waals surface area (Å²) in [6.45, 7) is 1.91. The Morgan fingerprint density at radius 2 is 1.91 bits per heavy atom. The number of amides is 1. The van der Waals surface area contributed by atoms with Gasteiger partial charge in [-0.1, -0.05) is 11.6 Å². The lowest BCUT2D eigenvalue weighted by molar-refractivity contribution is 0.0888. The number of rotatable bonds is 6. The highest BCUT2D eigenvalue weighted by Crippen LogP contribution is 2.27. The van der Waals surface area contributed by atoms with E-state index in [2.05, 4.69) is 20.4 Å². The van der Waals surface area contributed by atoms with Crippen LogP contribution in [0.1, 0.15) is 54.6 Å². The van der Waals surface area contributed by atoms with Gasteiger partial charge in [0.1, 0.15) is 11.8 Å². The molecule has 33 heavy (non-hydrogen) atoms. The Labute approximate surface area is 198 Å². The zero-order valence-electron chi connectivity index (χ0n) is 18.4. The highest BCUT2D eigenvalue weighted by atomic mass is 35.5. The molecule has 1 amide bonds. The molecule has 0 radical (unpaired) electrons. The molecular weight excluding hydrogens is 442 g/mol. The lowest BCUT2D eigenvalue weighted by Crippen LogP contribution is -2.40. The number of nitrogens with zero attached hydrogens (tertiary/aromatic N) is 4. The fraction of sp³-hybridized carbons (Fsp3) is 0.500. The summed E-state index contributed by atoms with van der Waals surface area (Å²) < 4.78 is 6.01. The lowest BCUT2D eigenvalue weighted by atomic mass is 9.93. The van der Waals surface area contributed by atoms with Gasteiger partial charge in [0, 0.05) is 31.8 Å². The minimum Gasteiger partial charge on any atom is -0.490 e. The molecule has 8 nitrogen and oxygen atoms in total. The van der Waals surface area contributed by atoms with Crippen molar-refractivity contribution in [3.8, 4) is 11.8 Å². The fourth-order valence-electron chi connectivity index (χ4n) is 4.40. The number of carbonyl (C=O) groups excluding carboxylic acids is 1. The second-order valence-corrected chi connectivity index (χ2v) is 9.12. The van der Waals surface area contributed by atoms with Crippen LogP contribution in [0.25, 0.3) is 0 Å². The predicted octanol–water partition coefficient (Wildman–Crippen LogP) is 3.33. The molecule has 1 aliphatic heterocycles. The summed E-state index contributed by atoms with van der Waals surface area (Å²) in [4.78, 5) is 14.8. The summed E-state index contributed by atoms with van der Waals surface area (Å²) in [7, 11) is 0. The Morgan fingerprint density at radius 1 is 1.15 bits per heavy atom. The van der Waals surface area contributed by atoms with Crippen molar-refractivity contribution < 1.29 is 14.6 Å². The second-order valence-electron chi connectivity index (χ2n) is 8.71. The molecule has 2 fully saturated rings. The maximum Gasteiger partial charge on any atom is 0.272 e. The van der Waals surface area contributed by atoms with Gasteiger partial charge in [0.05, 0.1) is 16.7 Å². The topological polar surface area (TPSA) is 111 Å². The van der Waals surface area contributed by atoms with E-state index < -0.39 is 0 Å². The number of aliphatic hydroxyl groups excluding tert-OH is 1. The van der Waals surface area contributed by atoms with Crippen LogP contribution in [0.2, 0.25) is 5.02 Å². The number of benzene rings is 1. The maximum atomic E-state index is 12.6.